The number of amides is 1. The van der Waals surface area contributed by atoms with Crippen molar-refractivity contribution >= 4 is 5.91 Å². The maximum absolute atomic E-state index is 12.5. The van der Waals surface area contributed by atoms with Crippen molar-refractivity contribution in [3.8, 4) is 0 Å². The van der Waals surface area contributed by atoms with Crippen LogP contribution in [0.25, 0.3) is 0 Å². The van der Waals surface area contributed by atoms with E-state index in [2.05, 4.69) is 0 Å². The second-order valence-corrected chi connectivity index (χ2v) is 5.60. The van der Waals surface area contributed by atoms with E-state index in [1.807, 2.05) is 11.8 Å². The van der Waals surface area contributed by atoms with E-state index >= 15 is 0 Å². The molecule has 3 N–H and O–H groups in total. The first kappa shape index (κ1) is 13.8. The molecule has 0 aromatic carbocycles. The fraction of sp³-hybridized carbons (Fsp3) is 0.923. The van der Waals surface area contributed by atoms with Crippen molar-refractivity contribution in [2.45, 2.75) is 50.8 Å². The lowest BCUT2D eigenvalue weighted by Crippen LogP contribution is -2.54. The molecule has 2 rings (SSSR count). The van der Waals surface area contributed by atoms with E-state index in [0.29, 0.717) is 13.2 Å². The van der Waals surface area contributed by atoms with Crippen LogP contribution in [0.5, 0.6) is 0 Å². The zero-order chi connectivity index (χ0) is 13.1. The zero-order valence-electron chi connectivity index (χ0n) is 11.0. The van der Waals surface area contributed by atoms with Gasteiger partial charge in [0.25, 0.3) is 0 Å². The van der Waals surface area contributed by atoms with Crippen LogP contribution in [0.2, 0.25) is 0 Å². The molecule has 1 heterocycles. The normalized spacial score (nSPS) is 37.6. The fourth-order valence-electron chi connectivity index (χ4n) is 2.92. The van der Waals surface area contributed by atoms with Crippen molar-refractivity contribution in [2.24, 2.45) is 11.7 Å². The highest BCUT2D eigenvalue weighted by molar-refractivity contribution is 5.79. The largest absolute Gasteiger partial charge is 0.394 e. The van der Waals surface area contributed by atoms with Crippen LogP contribution >= 0.6 is 0 Å². The van der Waals surface area contributed by atoms with Crippen molar-refractivity contribution < 1.29 is 14.6 Å². The van der Waals surface area contributed by atoms with Crippen molar-refractivity contribution in [3.05, 3.63) is 0 Å². The minimum absolute atomic E-state index is 0.0271. The van der Waals surface area contributed by atoms with E-state index in [0.717, 1.165) is 25.7 Å². The van der Waals surface area contributed by atoms with Gasteiger partial charge < -0.3 is 20.5 Å². The van der Waals surface area contributed by atoms with Crippen molar-refractivity contribution in [1.82, 2.24) is 4.90 Å². The lowest BCUT2D eigenvalue weighted by molar-refractivity contribution is -0.151. The molecule has 4 atom stereocenters. The molecule has 1 aliphatic heterocycles. The molecule has 1 saturated carbocycles. The van der Waals surface area contributed by atoms with Gasteiger partial charge in [-0.2, -0.15) is 0 Å². The first-order chi connectivity index (χ1) is 8.61. The van der Waals surface area contributed by atoms with Crippen molar-refractivity contribution in [3.63, 3.8) is 0 Å². The molecule has 5 heteroatoms. The van der Waals surface area contributed by atoms with E-state index in [1.54, 1.807) is 0 Å². The first-order valence-electron chi connectivity index (χ1n) is 6.90. The highest BCUT2D eigenvalue weighted by Crippen LogP contribution is 2.26. The minimum atomic E-state index is -0.234. The van der Waals surface area contributed by atoms with Crippen molar-refractivity contribution in [2.75, 3.05) is 19.8 Å². The molecule has 0 aromatic heterocycles. The summed E-state index contributed by atoms with van der Waals surface area (Å²) in [5, 5.41) is 9.15. The van der Waals surface area contributed by atoms with Gasteiger partial charge in [-0.3, -0.25) is 4.79 Å². The van der Waals surface area contributed by atoms with Gasteiger partial charge >= 0.3 is 0 Å². The molecule has 1 amide bonds. The summed E-state index contributed by atoms with van der Waals surface area (Å²) in [6.07, 6.45) is 3.58. The topological polar surface area (TPSA) is 75.8 Å². The highest BCUT2D eigenvalue weighted by Gasteiger charge is 2.34. The van der Waals surface area contributed by atoms with E-state index in [4.69, 9.17) is 15.6 Å². The van der Waals surface area contributed by atoms with E-state index in [-0.39, 0.29) is 36.6 Å². The lowest BCUT2D eigenvalue weighted by Gasteiger charge is -2.40. The van der Waals surface area contributed by atoms with Gasteiger partial charge in [0.2, 0.25) is 5.91 Å². The van der Waals surface area contributed by atoms with Crippen LogP contribution in [0.15, 0.2) is 0 Å². The quantitative estimate of drug-likeness (QED) is 0.735. The van der Waals surface area contributed by atoms with Crippen LogP contribution in [0.1, 0.15) is 32.6 Å². The summed E-state index contributed by atoms with van der Waals surface area (Å²) < 4.78 is 5.46. The number of aliphatic hydroxyl groups is 1. The van der Waals surface area contributed by atoms with E-state index in [1.165, 1.54) is 0 Å². The van der Waals surface area contributed by atoms with Crippen LogP contribution in [0, 0.1) is 5.92 Å². The molecule has 2 aliphatic rings. The van der Waals surface area contributed by atoms with Crippen LogP contribution in [0.4, 0.5) is 0 Å². The van der Waals surface area contributed by atoms with Gasteiger partial charge in [-0.05, 0) is 26.2 Å². The Kier molecular flexibility index (Phi) is 4.59. The Morgan fingerprint density at radius 1 is 1.50 bits per heavy atom. The van der Waals surface area contributed by atoms with Gasteiger partial charge in [-0.15, -0.1) is 0 Å². The van der Waals surface area contributed by atoms with E-state index < -0.39 is 0 Å². The predicted molar refractivity (Wildman–Crippen MR) is 67.9 cm³/mol. The molecule has 0 radical (unpaired) electrons. The molecule has 18 heavy (non-hydrogen) atoms. The Labute approximate surface area is 108 Å². The number of hydrogen-bond acceptors (Lipinski definition) is 4. The number of hydrogen-bond donors (Lipinski definition) is 2. The van der Waals surface area contributed by atoms with Gasteiger partial charge in [0.15, 0.2) is 0 Å². The molecule has 5 nitrogen and oxygen atoms in total. The number of nitrogens with two attached hydrogens (primary N) is 1. The third-order valence-corrected chi connectivity index (χ3v) is 4.06. The molecular formula is C13H24N2O3. The number of carbonyl (C=O) groups is 1. The van der Waals surface area contributed by atoms with Gasteiger partial charge in [-0.25, -0.2) is 0 Å². The third-order valence-electron chi connectivity index (χ3n) is 4.06. The smallest absolute Gasteiger partial charge is 0.226 e. The standard InChI is InChI=1S/C13H24N2O3/c1-9-8-18-12(7-16)6-15(9)13(17)10-3-2-4-11(14)5-10/h9-12,16H,2-8,14H2,1H3. The fourth-order valence-corrected chi connectivity index (χ4v) is 2.92. The van der Waals surface area contributed by atoms with Crippen LogP contribution < -0.4 is 5.73 Å². The Morgan fingerprint density at radius 2 is 2.28 bits per heavy atom. The number of morpholine rings is 1. The Hall–Kier alpha value is -0.650. The highest BCUT2D eigenvalue weighted by atomic mass is 16.5. The summed E-state index contributed by atoms with van der Waals surface area (Å²) in [7, 11) is 0. The molecule has 0 bridgehead atoms. The third kappa shape index (κ3) is 3.02. The lowest BCUT2D eigenvalue weighted by atomic mass is 9.85. The number of nitrogens with zero attached hydrogens (tertiary/aromatic N) is 1. The maximum atomic E-state index is 12.5. The predicted octanol–water partition coefficient (Wildman–Crippen LogP) is 0.112. The van der Waals surface area contributed by atoms with Crippen molar-refractivity contribution in [1.29, 1.82) is 0 Å². The zero-order valence-corrected chi connectivity index (χ0v) is 11.0. The summed E-state index contributed by atoms with van der Waals surface area (Å²) in [6.45, 7) is 2.98. The molecule has 1 aliphatic carbocycles. The van der Waals surface area contributed by atoms with Gasteiger partial charge in [0, 0.05) is 18.5 Å². The molecule has 1 saturated heterocycles. The number of ether oxygens (including phenoxy) is 1. The number of aliphatic hydroxyl groups excluding tert-OH is 1. The average Bonchev–Trinajstić information content (AvgIpc) is 2.38. The number of rotatable bonds is 2. The van der Waals surface area contributed by atoms with Gasteiger partial charge in [0.1, 0.15) is 0 Å². The molecule has 2 fully saturated rings. The number of carbonyl (C=O) groups excluding carboxylic acids is 1. The Morgan fingerprint density at radius 3 is 2.94 bits per heavy atom. The van der Waals surface area contributed by atoms with Gasteiger partial charge in [0.05, 0.1) is 25.4 Å². The molecular weight excluding hydrogens is 232 g/mol. The summed E-state index contributed by atoms with van der Waals surface area (Å²) in [5.74, 6) is 0.257. The van der Waals surface area contributed by atoms with Crippen LogP contribution in [0.3, 0.4) is 0 Å². The van der Waals surface area contributed by atoms with E-state index in [9.17, 15) is 4.79 Å². The Balaban J connectivity index is 1.97. The Bertz CT molecular complexity index is 298. The van der Waals surface area contributed by atoms with Gasteiger partial charge in [-0.1, -0.05) is 6.42 Å². The molecule has 104 valence electrons. The molecule has 4 unspecified atom stereocenters. The summed E-state index contributed by atoms with van der Waals surface area (Å²) >= 11 is 0. The monoisotopic (exact) mass is 256 g/mol. The second-order valence-electron chi connectivity index (χ2n) is 5.60. The second kappa shape index (κ2) is 5.99. The maximum Gasteiger partial charge on any atom is 0.226 e. The summed E-state index contributed by atoms with van der Waals surface area (Å²) in [4.78, 5) is 14.4. The summed E-state index contributed by atoms with van der Waals surface area (Å²) in [6, 6.07) is 0.260. The first-order valence-corrected chi connectivity index (χ1v) is 6.90. The minimum Gasteiger partial charge on any atom is -0.394 e. The van der Waals surface area contributed by atoms with Crippen LogP contribution in [-0.2, 0) is 9.53 Å². The summed E-state index contributed by atoms with van der Waals surface area (Å²) in [5.41, 5.74) is 5.95. The molecule has 0 aromatic rings. The van der Waals surface area contributed by atoms with Crippen LogP contribution in [-0.4, -0.2) is 53.9 Å². The molecule has 0 spiro atoms. The SMILES string of the molecule is CC1COC(CO)CN1C(=O)C1CCCC(N)C1. The average molecular weight is 256 g/mol.